The fraction of sp³-hybridized carbons (Fsp3) is 0.462. The third-order valence-corrected chi connectivity index (χ3v) is 2.72. The normalized spacial score (nSPS) is 19.6. The van der Waals surface area contributed by atoms with Crippen molar-refractivity contribution < 1.29 is 23.4 Å². The van der Waals surface area contributed by atoms with E-state index in [1.165, 1.54) is 19.2 Å². The minimum atomic E-state index is -3.23. The van der Waals surface area contributed by atoms with Crippen LogP contribution in [-0.2, 0) is 17.1 Å². The van der Waals surface area contributed by atoms with Gasteiger partial charge in [-0.2, -0.15) is 8.78 Å². The minimum Gasteiger partial charge on any atom is -0.465 e. The minimum absolute atomic E-state index is 0.146. The lowest BCUT2D eigenvalue weighted by atomic mass is 10.1. The lowest BCUT2D eigenvalue weighted by molar-refractivity contribution is -0.101. The van der Waals surface area contributed by atoms with Crippen LogP contribution in [0.5, 0.6) is 0 Å². The second kappa shape index (κ2) is 5.44. The van der Waals surface area contributed by atoms with Gasteiger partial charge >= 0.3 is 5.97 Å². The van der Waals surface area contributed by atoms with Crippen LogP contribution in [0.1, 0.15) is 35.3 Å². The highest BCUT2D eigenvalue weighted by Gasteiger charge is 2.47. The summed E-state index contributed by atoms with van der Waals surface area (Å²) in [5.74, 6) is -3.81. The standard InChI is InChI=1S/C11H10F2O3.C2H6/c1-16-10(15)6-2-3-8-7(4-6)5-9(14)11(8,12)13;1-2/h2-4,9,14H,5H2,1H3;1-2H3. The summed E-state index contributed by atoms with van der Waals surface area (Å²) < 4.78 is 31.2. The number of halogens is 2. The van der Waals surface area contributed by atoms with Crippen LogP contribution in [0, 0.1) is 0 Å². The van der Waals surface area contributed by atoms with Gasteiger partial charge in [-0.05, 0) is 17.7 Å². The molecule has 0 bridgehead atoms. The molecule has 1 N–H and O–H groups in total. The highest BCUT2D eigenvalue weighted by Crippen LogP contribution is 2.41. The third-order valence-electron chi connectivity index (χ3n) is 2.72. The SMILES string of the molecule is CC.COC(=O)c1ccc2c(c1)CC(O)C2(F)F. The number of fused-ring (bicyclic) bond motifs is 1. The molecule has 0 fully saturated rings. The fourth-order valence-corrected chi connectivity index (χ4v) is 1.85. The fourth-order valence-electron chi connectivity index (χ4n) is 1.85. The molecule has 0 aromatic heterocycles. The van der Waals surface area contributed by atoms with Crippen molar-refractivity contribution in [3.05, 3.63) is 34.9 Å². The van der Waals surface area contributed by atoms with E-state index in [4.69, 9.17) is 0 Å². The van der Waals surface area contributed by atoms with Gasteiger partial charge in [-0.25, -0.2) is 4.79 Å². The molecule has 18 heavy (non-hydrogen) atoms. The van der Waals surface area contributed by atoms with Gasteiger partial charge in [-0.15, -0.1) is 0 Å². The molecule has 1 aromatic carbocycles. The zero-order valence-corrected chi connectivity index (χ0v) is 10.5. The smallest absolute Gasteiger partial charge is 0.337 e. The van der Waals surface area contributed by atoms with Crippen molar-refractivity contribution in [2.45, 2.75) is 32.3 Å². The van der Waals surface area contributed by atoms with Crippen LogP contribution in [0.2, 0.25) is 0 Å². The first-order chi connectivity index (χ1) is 8.46. The van der Waals surface area contributed by atoms with Gasteiger partial charge < -0.3 is 9.84 Å². The molecule has 1 unspecified atom stereocenters. The van der Waals surface area contributed by atoms with E-state index in [2.05, 4.69) is 4.74 Å². The molecule has 1 aliphatic rings. The number of carbonyl (C=O) groups excluding carboxylic acids is 1. The van der Waals surface area contributed by atoms with Gasteiger partial charge in [0.05, 0.1) is 12.7 Å². The first-order valence-electron chi connectivity index (χ1n) is 5.74. The Labute approximate surface area is 104 Å². The van der Waals surface area contributed by atoms with E-state index in [-0.39, 0.29) is 17.5 Å². The maximum atomic E-state index is 13.4. The monoisotopic (exact) mass is 258 g/mol. The van der Waals surface area contributed by atoms with Gasteiger partial charge in [0.25, 0.3) is 5.92 Å². The largest absolute Gasteiger partial charge is 0.465 e. The van der Waals surface area contributed by atoms with Gasteiger partial charge in [0.1, 0.15) is 6.10 Å². The summed E-state index contributed by atoms with van der Waals surface area (Å²) in [6, 6.07) is 3.78. The molecule has 0 radical (unpaired) electrons. The van der Waals surface area contributed by atoms with Crippen molar-refractivity contribution >= 4 is 5.97 Å². The van der Waals surface area contributed by atoms with Gasteiger partial charge in [-0.1, -0.05) is 19.9 Å². The summed E-state index contributed by atoms with van der Waals surface area (Å²) in [4.78, 5) is 11.2. The Morgan fingerprint density at radius 1 is 1.44 bits per heavy atom. The van der Waals surface area contributed by atoms with Crippen molar-refractivity contribution in [2.24, 2.45) is 0 Å². The van der Waals surface area contributed by atoms with E-state index in [0.717, 1.165) is 6.07 Å². The van der Waals surface area contributed by atoms with Crippen LogP contribution >= 0.6 is 0 Å². The number of benzene rings is 1. The predicted octanol–water partition coefficient (Wildman–Crippen LogP) is 2.51. The molecule has 0 spiro atoms. The molecule has 1 aliphatic carbocycles. The molecule has 0 saturated heterocycles. The number of ether oxygens (including phenoxy) is 1. The Bertz CT molecular complexity index is 444. The van der Waals surface area contributed by atoms with Crippen molar-refractivity contribution in [2.75, 3.05) is 7.11 Å². The van der Waals surface area contributed by atoms with Crippen LogP contribution in [-0.4, -0.2) is 24.3 Å². The summed E-state index contributed by atoms with van der Waals surface area (Å²) in [5, 5.41) is 9.20. The number of alkyl halides is 2. The van der Waals surface area contributed by atoms with Gasteiger partial charge in [0, 0.05) is 12.0 Å². The number of carbonyl (C=O) groups is 1. The molecule has 100 valence electrons. The molecular weight excluding hydrogens is 242 g/mol. The molecule has 0 saturated carbocycles. The summed E-state index contributed by atoms with van der Waals surface area (Å²) in [5.41, 5.74) is 0.291. The predicted molar refractivity (Wildman–Crippen MR) is 62.7 cm³/mol. The summed E-state index contributed by atoms with van der Waals surface area (Å²) in [7, 11) is 1.22. The molecule has 5 heteroatoms. The van der Waals surface area contributed by atoms with E-state index in [1.54, 1.807) is 0 Å². The topological polar surface area (TPSA) is 46.5 Å². The molecule has 2 rings (SSSR count). The lowest BCUT2D eigenvalue weighted by Crippen LogP contribution is -2.25. The highest BCUT2D eigenvalue weighted by atomic mass is 19.3. The average Bonchev–Trinajstić information content (AvgIpc) is 2.61. The number of aliphatic hydroxyl groups is 1. The Morgan fingerprint density at radius 3 is 2.61 bits per heavy atom. The van der Waals surface area contributed by atoms with Gasteiger partial charge in [0.15, 0.2) is 0 Å². The zero-order chi connectivity index (χ0) is 13.9. The maximum Gasteiger partial charge on any atom is 0.337 e. The molecule has 3 nitrogen and oxygen atoms in total. The van der Waals surface area contributed by atoms with E-state index in [0.29, 0.717) is 5.56 Å². The first kappa shape index (κ1) is 14.6. The van der Waals surface area contributed by atoms with Crippen LogP contribution < -0.4 is 0 Å². The maximum absolute atomic E-state index is 13.4. The van der Waals surface area contributed by atoms with Crippen molar-refractivity contribution in [1.29, 1.82) is 0 Å². The van der Waals surface area contributed by atoms with Crippen LogP contribution in [0.25, 0.3) is 0 Å². The van der Waals surface area contributed by atoms with E-state index >= 15 is 0 Å². The summed E-state index contributed by atoms with van der Waals surface area (Å²) >= 11 is 0. The number of aliphatic hydroxyl groups excluding tert-OH is 1. The van der Waals surface area contributed by atoms with Crippen molar-refractivity contribution in [3.8, 4) is 0 Å². The van der Waals surface area contributed by atoms with Crippen molar-refractivity contribution in [1.82, 2.24) is 0 Å². The Balaban J connectivity index is 0.000000771. The van der Waals surface area contributed by atoms with Crippen molar-refractivity contribution in [3.63, 3.8) is 0 Å². The Morgan fingerprint density at radius 2 is 2.06 bits per heavy atom. The zero-order valence-electron chi connectivity index (χ0n) is 10.5. The van der Waals surface area contributed by atoms with Crippen LogP contribution in [0.15, 0.2) is 18.2 Å². The lowest BCUT2D eigenvalue weighted by Gasteiger charge is -2.14. The van der Waals surface area contributed by atoms with E-state index < -0.39 is 18.0 Å². The Kier molecular flexibility index (Phi) is 4.40. The summed E-state index contributed by atoms with van der Waals surface area (Å²) in [6.45, 7) is 4.00. The van der Waals surface area contributed by atoms with Gasteiger partial charge in [-0.3, -0.25) is 0 Å². The second-order valence-corrected chi connectivity index (χ2v) is 3.71. The molecule has 0 heterocycles. The van der Waals surface area contributed by atoms with Gasteiger partial charge in [0.2, 0.25) is 0 Å². The summed E-state index contributed by atoms with van der Waals surface area (Å²) in [6.07, 6.45) is -1.86. The quantitative estimate of drug-likeness (QED) is 0.787. The molecule has 0 aliphatic heterocycles. The third kappa shape index (κ3) is 2.36. The molecule has 0 amide bonds. The Hall–Kier alpha value is -1.49. The number of hydrogen-bond acceptors (Lipinski definition) is 3. The second-order valence-electron chi connectivity index (χ2n) is 3.71. The number of esters is 1. The molecule has 1 atom stereocenters. The van der Waals surface area contributed by atoms with Crippen LogP contribution in [0.4, 0.5) is 8.78 Å². The molecular formula is C13H16F2O3. The van der Waals surface area contributed by atoms with Crippen LogP contribution in [0.3, 0.4) is 0 Å². The average molecular weight is 258 g/mol. The number of hydrogen-bond donors (Lipinski definition) is 1. The first-order valence-corrected chi connectivity index (χ1v) is 5.74. The van der Waals surface area contributed by atoms with E-state index in [9.17, 15) is 18.7 Å². The van der Waals surface area contributed by atoms with E-state index in [1.807, 2.05) is 13.8 Å². The molecule has 1 aromatic rings. The highest BCUT2D eigenvalue weighted by molar-refractivity contribution is 5.89. The number of methoxy groups -OCH3 is 1. The number of rotatable bonds is 1.